The summed E-state index contributed by atoms with van der Waals surface area (Å²) in [7, 11) is 0. The third-order valence-corrected chi connectivity index (χ3v) is 1.97. The molecular weight excluding hydrogens is 176 g/mol. The van der Waals surface area contributed by atoms with E-state index in [1.165, 1.54) is 6.08 Å². The maximum absolute atomic E-state index is 10.7. The van der Waals surface area contributed by atoms with Crippen LogP contribution in [0.5, 0.6) is 0 Å². The van der Waals surface area contributed by atoms with Gasteiger partial charge in [0, 0.05) is 6.08 Å². The number of esters is 1. The molecule has 1 aliphatic heterocycles. The number of carbonyl (C=O) groups excluding carboxylic acids is 1. The highest BCUT2D eigenvalue weighted by molar-refractivity contribution is 5.84. The largest absolute Gasteiger partial charge is 0.458 e. The minimum atomic E-state index is -0.268. The first-order chi connectivity index (χ1) is 6.84. The van der Waals surface area contributed by atoms with Crippen molar-refractivity contribution in [3.63, 3.8) is 0 Å². The minimum absolute atomic E-state index is 0.268. The summed E-state index contributed by atoms with van der Waals surface area (Å²) in [5.74, 6) is -0.268. The fourth-order valence-electron chi connectivity index (χ4n) is 1.28. The van der Waals surface area contributed by atoms with E-state index >= 15 is 0 Å². The maximum Gasteiger partial charge on any atom is 0.331 e. The third-order valence-electron chi connectivity index (χ3n) is 1.97. The second-order valence-corrected chi connectivity index (χ2v) is 3.07. The van der Waals surface area contributed by atoms with E-state index in [0.717, 1.165) is 11.1 Å². The fourth-order valence-corrected chi connectivity index (χ4v) is 1.28. The molecule has 1 heterocycles. The molecule has 0 saturated carbocycles. The van der Waals surface area contributed by atoms with Crippen molar-refractivity contribution in [3.8, 4) is 0 Å². The molecule has 0 N–H and O–H groups in total. The highest BCUT2D eigenvalue weighted by Gasteiger charge is 2.05. The van der Waals surface area contributed by atoms with E-state index in [4.69, 9.17) is 4.74 Å². The van der Waals surface area contributed by atoms with Crippen molar-refractivity contribution in [2.45, 2.75) is 0 Å². The van der Waals surface area contributed by atoms with Gasteiger partial charge in [-0.1, -0.05) is 30.3 Å². The molecule has 2 heteroatoms. The number of benzene rings is 1. The Hall–Kier alpha value is -1.83. The Morgan fingerprint density at radius 3 is 2.57 bits per heavy atom. The van der Waals surface area contributed by atoms with Gasteiger partial charge in [0.1, 0.15) is 6.61 Å². The summed E-state index contributed by atoms with van der Waals surface area (Å²) in [5.41, 5.74) is 2.13. The van der Waals surface area contributed by atoms with Crippen molar-refractivity contribution < 1.29 is 9.53 Å². The lowest BCUT2D eigenvalue weighted by Gasteiger charge is -2.08. The average molecular weight is 186 g/mol. The first kappa shape index (κ1) is 8.75. The van der Waals surface area contributed by atoms with Crippen LogP contribution >= 0.6 is 0 Å². The van der Waals surface area contributed by atoms with Gasteiger partial charge >= 0.3 is 5.97 Å². The molecule has 14 heavy (non-hydrogen) atoms. The number of hydrogen-bond donors (Lipinski definition) is 0. The predicted octanol–water partition coefficient (Wildman–Crippen LogP) is 2.18. The third kappa shape index (κ3) is 2.10. The summed E-state index contributed by atoms with van der Waals surface area (Å²) in [6, 6.07) is 9.95. The average Bonchev–Trinajstić information content (AvgIpc) is 2.23. The van der Waals surface area contributed by atoms with Crippen LogP contribution < -0.4 is 0 Å². The first-order valence-electron chi connectivity index (χ1n) is 4.45. The Labute approximate surface area is 82.5 Å². The summed E-state index contributed by atoms with van der Waals surface area (Å²) < 4.78 is 4.87. The summed E-state index contributed by atoms with van der Waals surface area (Å²) >= 11 is 0. The number of ether oxygens (including phenoxy) is 1. The van der Waals surface area contributed by atoms with Crippen LogP contribution in [0.1, 0.15) is 5.56 Å². The van der Waals surface area contributed by atoms with Crippen LogP contribution in [-0.4, -0.2) is 12.6 Å². The van der Waals surface area contributed by atoms with Crippen LogP contribution in [0, 0.1) is 0 Å². The van der Waals surface area contributed by atoms with Crippen molar-refractivity contribution in [2.24, 2.45) is 0 Å². The van der Waals surface area contributed by atoms with Crippen LogP contribution in [0.25, 0.3) is 6.08 Å². The molecule has 0 amide bonds. The number of rotatable bonds is 1. The first-order valence-corrected chi connectivity index (χ1v) is 4.45. The van der Waals surface area contributed by atoms with Gasteiger partial charge in [0.25, 0.3) is 0 Å². The van der Waals surface area contributed by atoms with Crippen molar-refractivity contribution in [1.82, 2.24) is 0 Å². The Morgan fingerprint density at radius 1 is 1.14 bits per heavy atom. The second-order valence-electron chi connectivity index (χ2n) is 3.07. The van der Waals surface area contributed by atoms with Crippen molar-refractivity contribution in [2.75, 3.05) is 6.61 Å². The lowest BCUT2D eigenvalue weighted by atomic mass is 10.1. The summed E-state index contributed by atoms with van der Waals surface area (Å²) in [5, 5.41) is 0. The Bertz CT molecular complexity index is 388. The van der Waals surface area contributed by atoms with Gasteiger partial charge in [0.05, 0.1) is 0 Å². The summed E-state index contributed by atoms with van der Waals surface area (Å²) in [6.07, 6.45) is 5.24. The van der Waals surface area contributed by atoms with Crippen molar-refractivity contribution in [3.05, 3.63) is 53.6 Å². The molecule has 2 nitrogen and oxygen atoms in total. The van der Waals surface area contributed by atoms with E-state index in [9.17, 15) is 4.79 Å². The molecule has 2 rings (SSSR count). The van der Waals surface area contributed by atoms with Gasteiger partial charge in [-0.3, -0.25) is 0 Å². The van der Waals surface area contributed by atoms with E-state index in [1.54, 1.807) is 6.08 Å². The number of hydrogen-bond acceptors (Lipinski definition) is 2. The normalized spacial score (nSPS) is 18.3. The monoisotopic (exact) mass is 186 g/mol. The van der Waals surface area contributed by atoms with E-state index in [0.29, 0.717) is 6.61 Å². The van der Waals surface area contributed by atoms with E-state index in [-0.39, 0.29) is 5.97 Å². The van der Waals surface area contributed by atoms with Crippen LogP contribution in [0.15, 0.2) is 48.1 Å². The molecule has 1 aromatic carbocycles. The Kier molecular flexibility index (Phi) is 2.45. The Morgan fingerprint density at radius 2 is 1.93 bits per heavy atom. The number of carbonyl (C=O) groups is 1. The molecule has 1 aliphatic rings. The second kappa shape index (κ2) is 3.92. The quantitative estimate of drug-likeness (QED) is 0.628. The molecule has 0 bridgehead atoms. The molecule has 0 atom stereocenters. The highest BCUT2D eigenvalue weighted by atomic mass is 16.5. The van der Waals surface area contributed by atoms with Gasteiger partial charge in [-0.25, -0.2) is 4.79 Å². The zero-order valence-corrected chi connectivity index (χ0v) is 7.64. The lowest BCUT2D eigenvalue weighted by Crippen LogP contribution is -2.08. The smallest absolute Gasteiger partial charge is 0.331 e. The van der Waals surface area contributed by atoms with E-state index in [1.807, 2.05) is 36.4 Å². The molecule has 0 fully saturated rings. The van der Waals surface area contributed by atoms with Gasteiger partial charge in [0.15, 0.2) is 0 Å². The zero-order chi connectivity index (χ0) is 9.80. The molecular formula is C12H10O2. The van der Waals surface area contributed by atoms with Crippen LogP contribution in [0.2, 0.25) is 0 Å². The highest BCUT2D eigenvalue weighted by Crippen LogP contribution is 2.11. The minimum Gasteiger partial charge on any atom is -0.458 e. The standard InChI is InChI=1S/C12H10O2/c13-12-7-6-11(9-14-12)8-10-4-2-1-3-5-10/h1-8H,9H2/b11-8-. The molecule has 0 saturated heterocycles. The maximum atomic E-state index is 10.7. The lowest BCUT2D eigenvalue weighted by molar-refractivity contribution is -0.137. The molecule has 0 aromatic heterocycles. The molecule has 1 aromatic rings. The Balaban J connectivity index is 2.20. The fraction of sp³-hybridized carbons (Fsp3) is 0.0833. The van der Waals surface area contributed by atoms with Crippen molar-refractivity contribution >= 4 is 12.0 Å². The topological polar surface area (TPSA) is 26.3 Å². The van der Waals surface area contributed by atoms with Gasteiger partial charge < -0.3 is 4.74 Å². The zero-order valence-electron chi connectivity index (χ0n) is 7.64. The predicted molar refractivity (Wildman–Crippen MR) is 54.5 cm³/mol. The molecule has 0 aliphatic carbocycles. The van der Waals surface area contributed by atoms with Gasteiger partial charge in [-0.05, 0) is 23.3 Å². The van der Waals surface area contributed by atoms with Gasteiger partial charge in [0.2, 0.25) is 0 Å². The van der Waals surface area contributed by atoms with E-state index < -0.39 is 0 Å². The molecule has 70 valence electrons. The SMILES string of the molecule is O=C1C=C/C(=C/c2ccccc2)CO1. The van der Waals surface area contributed by atoms with Crippen LogP contribution in [0.4, 0.5) is 0 Å². The number of cyclic esters (lactones) is 1. The van der Waals surface area contributed by atoms with Gasteiger partial charge in [-0.15, -0.1) is 0 Å². The van der Waals surface area contributed by atoms with Gasteiger partial charge in [-0.2, -0.15) is 0 Å². The van der Waals surface area contributed by atoms with Crippen LogP contribution in [0.3, 0.4) is 0 Å². The molecule has 0 spiro atoms. The molecule has 0 unspecified atom stereocenters. The van der Waals surface area contributed by atoms with Crippen molar-refractivity contribution in [1.29, 1.82) is 0 Å². The van der Waals surface area contributed by atoms with E-state index in [2.05, 4.69) is 0 Å². The molecule has 0 radical (unpaired) electrons. The summed E-state index contributed by atoms with van der Waals surface area (Å²) in [4.78, 5) is 10.7. The summed E-state index contributed by atoms with van der Waals surface area (Å²) in [6.45, 7) is 0.365. The van der Waals surface area contributed by atoms with Crippen LogP contribution in [-0.2, 0) is 9.53 Å².